The molecule has 19 heavy (non-hydrogen) atoms. The van der Waals surface area contributed by atoms with Crippen molar-refractivity contribution >= 4 is 11.0 Å². The van der Waals surface area contributed by atoms with Gasteiger partial charge in [-0.1, -0.05) is 12.1 Å². The highest BCUT2D eigenvalue weighted by molar-refractivity contribution is 7.84. The van der Waals surface area contributed by atoms with Gasteiger partial charge in [0.1, 0.15) is 16.7 Å². The molecule has 0 N–H and O–H groups in total. The molecule has 0 amide bonds. The fraction of sp³-hybridized carbons (Fsp3) is 0.600. The molecule has 106 valence electrons. The Hall–Kier alpha value is -0.870. The van der Waals surface area contributed by atoms with Gasteiger partial charge in [-0.3, -0.25) is 0 Å². The van der Waals surface area contributed by atoms with Crippen LogP contribution in [-0.4, -0.2) is 26.9 Å². The van der Waals surface area contributed by atoms with E-state index in [1.165, 1.54) is 5.56 Å². The van der Waals surface area contributed by atoms with Crippen molar-refractivity contribution in [3.63, 3.8) is 0 Å². The van der Waals surface area contributed by atoms with E-state index in [4.69, 9.17) is 4.74 Å². The first-order valence-corrected chi connectivity index (χ1v) is 7.87. The van der Waals surface area contributed by atoms with Crippen molar-refractivity contribution in [1.29, 1.82) is 0 Å². The molecule has 0 radical (unpaired) electrons. The van der Waals surface area contributed by atoms with Crippen molar-refractivity contribution in [2.24, 2.45) is 0 Å². The Kier molecular flexibility index (Phi) is 4.31. The molecule has 1 saturated heterocycles. The van der Waals surface area contributed by atoms with E-state index in [9.17, 15) is 4.21 Å². The van der Waals surface area contributed by atoms with E-state index in [-0.39, 0.29) is 10.8 Å². The van der Waals surface area contributed by atoms with Gasteiger partial charge in [-0.25, -0.2) is 8.51 Å². The monoisotopic (exact) mass is 281 g/mol. The summed E-state index contributed by atoms with van der Waals surface area (Å²) in [6, 6.07) is 8.36. The minimum absolute atomic E-state index is 0.207. The van der Waals surface area contributed by atoms with Gasteiger partial charge >= 0.3 is 0 Å². The number of methoxy groups -OCH3 is 1. The van der Waals surface area contributed by atoms with Crippen LogP contribution in [0.5, 0.6) is 5.75 Å². The Morgan fingerprint density at radius 1 is 1.37 bits per heavy atom. The molecule has 0 aromatic heterocycles. The van der Waals surface area contributed by atoms with Crippen molar-refractivity contribution in [3.8, 4) is 5.75 Å². The highest BCUT2D eigenvalue weighted by Gasteiger charge is 2.35. The second-order valence-electron chi connectivity index (χ2n) is 5.94. The van der Waals surface area contributed by atoms with E-state index in [0.717, 1.165) is 25.1 Å². The summed E-state index contributed by atoms with van der Waals surface area (Å²) in [6.45, 7) is 7.00. The summed E-state index contributed by atoms with van der Waals surface area (Å²) in [5.41, 5.74) is 1.20. The van der Waals surface area contributed by atoms with Gasteiger partial charge in [0.15, 0.2) is 0 Å². The van der Waals surface area contributed by atoms with E-state index in [2.05, 4.69) is 16.4 Å². The van der Waals surface area contributed by atoms with Crippen LogP contribution in [0, 0.1) is 0 Å². The number of rotatable bonds is 3. The summed E-state index contributed by atoms with van der Waals surface area (Å²) < 4.78 is 19.8. The summed E-state index contributed by atoms with van der Waals surface area (Å²) in [5, 5.41) is 0. The maximum atomic E-state index is 12.6. The van der Waals surface area contributed by atoms with Crippen LogP contribution in [0.25, 0.3) is 0 Å². The van der Waals surface area contributed by atoms with E-state index < -0.39 is 11.0 Å². The average molecular weight is 281 g/mol. The SMILES string of the molecule is COc1cccc(C2CCCN2S(=O)C(C)(C)C)c1. The van der Waals surface area contributed by atoms with E-state index >= 15 is 0 Å². The number of hydrogen-bond acceptors (Lipinski definition) is 2. The van der Waals surface area contributed by atoms with Crippen LogP contribution in [0.15, 0.2) is 24.3 Å². The highest BCUT2D eigenvalue weighted by Crippen LogP contribution is 2.36. The summed E-state index contributed by atoms with van der Waals surface area (Å²) >= 11 is 0. The summed E-state index contributed by atoms with van der Waals surface area (Å²) in [4.78, 5) is 0. The minimum atomic E-state index is -0.959. The highest BCUT2D eigenvalue weighted by atomic mass is 32.2. The average Bonchev–Trinajstić information content (AvgIpc) is 2.85. The first kappa shape index (κ1) is 14.5. The number of hydrogen-bond donors (Lipinski definition) is 0. The van der Waals surface area contributed by atoms with Crippen LogP contribution >= 0.6 is 0 Å². The van der Waals surface area contributed by atoms with E-state index in [0.29, 0.717) is 0 Å². The largest absolute Gasteiger partial charge is 0.497 e. The standard InChI is InChI=1S/C15H23NO2S/c1-15(2,3)19(17)16-10-6-9-14(16)12-7-5-8-13(11-12)18-4/h5,7-8,11,14H,6,9-10H2,1-4H3. The molecule has 1 aromatic carbocycles. The molecule has 1 heterocycles. The Morgan fingerprint density at radius 2 is 2.11 bits per heavy atom. The summed E-state index contributed by atoms with van der Waals surface area (Å²) in [5.74, 6) is 0.867. The number of ether oxygens (including phenoxy) is 1. The van der Waals surface area contributed by atoms with Gasteiger partial charge in [0, 0.05) is 12.6 Å². The molecule has 2 unspecified atom stereocenters. The van der Waals surface area contributed by atoms with Gasteiger partial charge in [-0.05, 0) is 51.3 Å². The van der Waals surface area contributed by atoms with Crippen LogP contribution < -0.4 is 4.74 Å². The van der Waals surface area contributed by atoms with E-state index in [1.807, 2.05) is 32.9 Å². The van der Waals surface area contributed by atoms with Gasteiger partial charge in [0.05, 0.1) is 11.9 Å². The molecule has 1 aromatic rings. The van der Waals surface area contributed by atoms with Crippen molar-refractivity contribution in [2.75, 3.05) is 13.7 Å². The molecule has 1 aliphatic heterocycles. The lowest BCUT2D eigenvalue weighted by Gasteiger charge is -2.30. The van der Waals surface area contributed by atoms with Crippen molar-refractivity contribution in [2.45, 2.75) is 44.4 Å². The van der Waals surface area contributed by atoms with Crippen LogP contribution in [0.4, 0.5) is 0 Å². The predicted molar refractivity (Wildman–Crippen MR) is 79.6 cm³/mol. The summed E-state index contributed by atoms with van der Waals surface area (Å²) in [6.07, 6.45) is 2.17. The molecular formula is C15H23NO2S. The summed E-state index contributed by atoms with van der Waals surface area (Å²) in [7, 11) is 0.720. The lowest BCUT2D eigenvalue weighted by atomic mass is 10.1. The molecule has 2 rings (SSSR count). The van der Waals surface area contributed by atoms with Crippen molar-refractivity contribution in [3.05, 3.63) is 29.8 Å². The zero-order chi connectivity index (χ0) is 14.0. The van der Waals surface area contributed by atoms with Crippen LogP contribution in [0.3, 0.4) is 0 Å². The molecule has 0 spiro atoms. The van der Waals surface area contributed by atoms with Gasteiger partial charge in [-0.15, -0.1) is 0 Å². The number of benzene rings is 1. The Balaban J connectivity index is 2.25. The normalized spacial score (nSPS) is 22.4. The van der Waals surface area contributed by atoms with Gasteiger partial charge in [0.2, 0.25) is 0 Å². The first-order chi connectivity index (χ1) is 8.93. The first-order valence-electron chi connectivity index (χ1n) is 6.76. The molecule has 2 atom stereocenters. The van der Waals surface area contributed by atoms with Gasteiger partial charge in [-0.2, -0.15) is 0 Å². The maximum Gasteiger partial charge on any atom is 0.119 e. The Morgan fingerprint density at radius 3 is 2.74 bits per heavy atom. The quantitative estimate of drug-likeness (QED) is 0.851. The van der Waals surface area contributed by atoms with Crippen molar-refractivity contribution < 1.29 is 8.95 Å². The third-order valence-electron chi connectivity index (χ3n) is 3.42. The molecule has 0 bridgehead atoms. The lowest BCUT2D eigenvalue weighted by Crippen LogP contribution is -2.37. The topological polar surface area (TPSA) is 29.5 Å². The smallest absolute Gasteiger partial charge is 0.119 e. The third kappa shape index (κ3) is 3.18. The minimum Gasteiger partial charge on any atom is -0.497 e. The zero-order valence-corrected chi connectivity index (χ0v) is 13.0. The van der Waals surface area contributed by atoms with Crippen LogP contribution in [-0.2, 0) is 11.0 Å². The predicted octanol–water partition coefficient (Wildman–Crippen LogP) is 3.29. The molecule has 0 aliphatic carbocycles. The maximum absolute atomic E-state index is 12.6. The molecule has 3 nitrogen and oxygen atoms in total. The molecule has 1 fully saturated rings. The van der Waals surface area contributed by atoms with Crippen LogP contribution in [0.1, 0.15) is 45.2 Å². The fourth-order valence-corrected chi connectivity index (χ4v) is 3.93. The molecular weight excluding hydrogens is 258 g/mol. The Labute approximate surface area is 118 Å². The lowest BCUT2D eigenvalue weighted by molar-refractivity contribution is 0.402. The fourth-order valence-electron chi connectivity index (χ4n) is 2.47. The van der Waals surface area contributed by atoms with Crippen LogP contribution in [0.2, 0.25) is 0 Å². The molecule has 1 aliphatic rings. The number of nitrogens with zero attached hydrogens (tertiary/aromatic N) is 1. The molecule has 4 heteroatoms. The third-order valence-corrected chi connectivity index (χ3v) is 5.33. The van der Waals surface area contributed by atoms with Crippen molar-refractivity contribution in [1.82, 2.24) is 4.31 Å². The zero-order valence-electron chi connectivity index (χ0n) is 12.2. The van der Waals surface area contributed by atoms with E-state index in [1.54, 1.807) is 7.11 Å². The second-order valence-corrected chi connectivity index (χ2v) is 8.13. The second kappa shape index (κ2) is 5.63. The van der Waals surface area contributed by atoms with Gasteiger partial charge in [0.25, 0.3) is 0 Å². The Bertz CT molecular complexity index is 467. The molecule has 0 saturated carbocycles. The van der Waals surface area contributed by atoms with Gasteiger partial charge < -0.3 is 4.74 Å².